The summed E-state index contributed by atoms with van der Waals surface area (Å²) in [5.41, 5.74) is 2.37. The molecule has 5 N–H and O–H groups in total. The Kier molecular flexibility index (Phi) is 7.13. The number of ether oxygens (including phenoxy) is 1. The lowest BCUT2D eigenvalue weighted by Crippen LogP contribution is -2.55. The van der Waals surface area contributed by atoms with Crippen molar-refractivity contribution in [2.45, 2.75) is 50.4 Å². The van der Waals surface area contributed by atoms with Gasteiger partial charge in [0.25, 0.3) is 0 Å². The van der Waals surface area contributed by atoms with E-state index in [9.17, 15) is 30.3 Å². The Labute approximate surface area is 200 Å². The topological polar surface area (TPSA) is 137 Å². The molecule has 4 rings (SSSR count). The summed E-state index contributed by atoms with van der Waals surface area (Å²) in [7, 11) is 0. The number of aliphatic hydroxyl groups is 4. The molecular weight excluding hydrogens is 464 g/mol. The number of hydrogen-bond acceptors (Lipinski definition) is 7. The zero-order valence-corrected chi connectivity index (χ0v) is 19.2. The first-order chi connectivity index (χ1) is 16.2. The van der Waals surface area contributed by atoms with E-state index < -0.39 is 37.1 Å². The Balaban J connectivity index is 1.58. The second-order valence-electron chi connectivity index (χ2n) is 8.33. The van der Waals surface area contributed by atoms with Crippen LogP contribution in [0.1, 0.15) is 29.7 Å². The van der Waals surface area contributed by atoms with Crippen LogP contribution < -0.4 is 5.69 Å². The van der Waals surface area contributed by atoms with Gasteiger partial charge in [-0.15, -0.1) is 0 Å². The number of halogens is 1. The van der Waals surface area contributed by atoms with Crippen molar-refractivity contribution in [1.82, 2.24) is 9.13 Å². The van der Waals surface area contributed by atoms with Crippen molar-refractivity contribution in [1.29, 1.82) is 0 Å². The van der Waals surface area contributed by atoms with Gasteiger partial charge in [0.05, 0.1) is 18.5 Å². The van der Waals surface area contributed by atoms with Crippen LogP contribution in [0.15, 0.2) is 53.5 Å². The minimum atomic E-state index is -1.47. The average molecular weight is 491 g/mol. The minimum Gasteiger partial charge on any atom is -0.493 e. The predicted octanol–water partition coefficient (Wildman–Crippen LogP) is 1.12. The van der Waals surface area contributed by atoms with Gasteiger partial charge in [-0.05, 0) is 48.2 Å². The molecule has 2 heterocycles. The smallest absolute Gasteiger partial charge is 0.335 e. The van der Waals surface area contributed by atoms with Crippen LogP contribution in [0.4, 0.5) is 0 Å². The highest BCUT2D eigenvalue weighted by Crippen LogP contribution is 2.34. The molecule has 1 saturated heterocycles. The van der Waals surface area contributed by atoms with E-state index in [0.717, 1.165) is 11.1 Å². The molecule has 0 spiro atoms. The van der Waals surface area contributed by atoms with Gasteiger partial charge in [-0.3, -0.25) is 4.57 Å². The molecule has 1 aromatic heterocycles. The molecule has 5 atom stereocenters. The predicted molar refractivity (Wildman–Crippen MR) is 124 cm³/mol. The molecule has 1 aliphatic heterocycles. The number of rotatable bonds is 6. The van der Waals surface area contributed by atoms with Gasteiger partial charge in [0, 0.05) is 11.6 Å². The molecule has 3 aromatic rings. The highest BCUT2D eigenvalue weighted by Gasteiger charge is 2.44. The third-order valence-corrected chi connectivity index (χ3v) is 6.53. The van der Waals surface area contributed by atoms with Crippen molar-refractivity contribution < 1.29 is 30.3 Å². The summed E-state index contributed by atoms with van der Waals surface area (Å²) in [6, 6.07) is 12.2. The lowest BCUT2D eigenvalue weighted by molar-refractivity contribution is -0.231. The van der Waals surface area contributed by atoms with E-state index in [4.69, 9.17) is 16.3 Å². The Morgan fingerprint density at radius 2 is 1.74 bits per heavy atom. The Hall–Kier alpha value is -2.66. The third-order valence-electron chi connectivity index (χ3n) is 6.16. The van der Waals surface area contributed by atoms with E-state index >= 15 is 0 Å². The molecule has 9 nitrogen and oxygen atoms in total. The fourth-order valence-electron chi connectivity index (χ4n) is 4.22. The minimum absolute atomic E-state index is 0.144. The quantitative estimate of drug-likeness (QED) is 0.349. The molecule has 0 bridgehead atoms. The number of aliphatic hydroxyl groups excluding tert-OH is 4. The monoisotopic (exact) mass is 490 g/mol. The lowest BCUT2D eigenvalue weighted by Gasteiger charge is -2.40. The molecule has 182 valence electrons. The third kappa shape index (κ3) is 4.50. The highest BCUT2D eigenvalue weighted by atomic mass is 35.5. The zero-order chi connectivity index (χ0) is 24.6. The van der Waals surface area contributed by atoms with Crippen LogP contribution in [0.3, 0.4) is 0 Å². The SMILES string of the molecule is CCn1cc(O)n(-c2ccc(Cc3cc(C4OC(CO)C(O)C(O)C4O)ccc3Cl)cc2)c1=O. The second-order valence-corrected chi connectivity index (χ2v) is 8.74. The molecule has 34 heavy (non-hydrogen) atoms. The number of hydrogen-bond donors (Lipinski definition) is 5. The highest BCUT2D eigenvalue weighted by molar-refractivity contribution is 6.31. The van der Waals surface area contributed by atoms with Gasteiger partial charge in [-0.2, -0.15) is 0 Å². The van der Waals surface area contributed by atoms with Gasteiger partial charge < -0.3 is 30.3 Å². The van der Waals surface area contributed by atoms with Crippen molar-refractivity contribution in [3.05, 3.63) is 80.9 Å². The van der Waals surface area contributed by atoms with Crippen LogP contribution in [0.25, 0.3) is 5.69 Å². The molecule has 0 saturated carbocycles. The average Bonchev–Trinajstić information content (AvgIpc) is 3.13. The van der Waals surface area contributed by atoms with Crippen molar-refractivity contribution in [2.24, 2.45) is 0 Å². The van der Waals surface area contributed by atoms with Gasteiger partial charge in [-0.1, -0.05) is 35.9 Å². The van der Waals surface area contributed by atoms with Gasteiger partial charge in [0.1, 0.15) is 30.5 Å². The second kappa shape index (κ2) is 9.91. The maximum atomic E-state index is 12.4. The molecular formula is C24H27ClN2O7. The summed E-state index contributed by atoms with van der Waals surface area (Å²) in [4.78, 5) is 12.4. The van der Waals surface area contributed by atoms with Crippen LogP contribution in [-0.2, 0) is 17.7 Å². The van der Waals surface area contributed by atoms with E-state index in [2.05, 4.69) is 0 Å². The number of nitrogens with zero attached hydrogens (tertiary/aromatic N) is 2. The number of benzene rings is 2. The van der Waals surface area contributed by atoms with Crippen molar-refractivity contribution >= 4 is 11.6 Å². The van der Waals surface area contributed by atoms with E-state index in [1.165, 1.54) is 15.3 Å². The van der Waals surface area contributed by atoms with E-state index in [0.29, 0.717) is 29.2 Å². The van der Waals surface area contributed by atoms with Crippen molar-refractivity contribution in [3.8, 4) is 11.6 Å². The van der Waals surface area contributed by atoms with E-state index in [-0.39, 0.29) is 11.6 Å². The number of aryl methyl sites for hydroxylation is 1. The first kappa shape index (κ1) is 24.5. The van der Waals surface area contributed by atoms with Crippen LogP contribution in [0.5, 0.6) is 5.88 Å². The van der Waals surface area contributed by atoms with Crippen LogP contribution in [0, 0.1) is 0 Å². The maximum Gasteiger partial charge on any atom is 0.335 e. The summed E-state index contributed by atoms with van der Waals surface area (Å²) >= 11 is 6.40. The van der Waals surface area contributed by atoms with E-state index in [1.807, 2.05) is 19.1 Å². The largest absolute Gasteiger partial charge is 0.493 e. The van der Waals surface area contributed by atoms with Crippen molar-refractivity contribution in [3.63, 3.8) is 0 Å². The molecule has 0 aliphatic carbocycles. The van der Waals surface area contributed by atoms with Gasteiger partial charge in [0.15, 0.2) is 0 Å². The summed E-state index contributed by atoms with van der Waals surface area (Å²) in [5, 5.41) is 50.6. The molecule has 0 amide bonds. The molecule has 10 heteroatoms. The number of aromatic hydroxyl groups is 1. The molecule has 1 aliphatic rings. The Morgan fingerprint density at radius 3 is 2.35 bits per heavy atom. The standard InChI is InChI=1S/C24H27ClN2O7/c1-2-26-11-19(29)27(24(26)33)16-6-3-13(4-7-16)9-15-10-14(5-8-17(15)25)23-22(32)21(31)20(30)18(12-28)34-23/h3-8,10-11,18,20-23,28-32H,2,9,12H2,1H3. The lowest BCUT2D eigenvalue weighted by atomic mass is 9.90. The summed E-state index contributed by atoms with van der Waals surface area (Å²) in [5.74, 6) is -0.144. The Bertz CT molecular complexity index is 1210. The van der Waals surface area contributed by atoms with Crippen molar-refractivity contribution in [2.75, 3.05) is 6.61 Å². The summed E-state index contributed by atoms with van der Waals surface area (Å²) in [6.07, 6.45) is -4.41. The maximum absolute atomic E-state index is 12.4. The zero-order valence-electron chi connectivity index (χ0n) is 18.5. The molecule has 5 unspecified atom stereocenters. The fraction of sp³-hybridized carbons (Fsp3) is 0.375. The Morgan fingerprint density at radius 1 is 1.03 bits per heavy atom. The number of aromatic nitrogens is 2. The van der Waals surface area contributed by atoms with Gasteiger partial charge in [-0.25, -0.2) is 9.36 Å². The first-order valence-electron chi connectivity index (χ1n) is 10.9. The van der Waals surface area contributed by atoms with Crippen LogP contribution in [-0.4, -0.2) is 65.7 Å². The van der Waals surface area contributed by atoms with Crippen LogP contribution >= 0.6 is 11.6 Å². The fourth-order valence-corrected chi connectivity index (χ4v) is 4.40. The normalized spacial score (nSPS) is 24.9. The van der Waals surface area contributed by atoms with Gasteiger partial charge in [0.2, 0.25) is 5.88 Å². The summed E-state index contributed by atoms with van der Waals surface area (Å²) < 4.78 is 8.28. The molecule has 1 fully saturated rings. The van der Waals surface area contributed by atoms with E-state index in [1.54, 1.807) is 30.3 Å². The molecule has 2 aromatic carbocycles. The molecule has 0 radical (unpaired) electrons. The summed E-state index contributed by atoms with van der Waals surface area (Å²) in [6.45, 7) is 1.76. The number of imidazole rings is 1. The van der Waals surface area contributed by atoms with Gasteiger partial charge >= 0.3 is 5.69 Å². The van der Waals surface area contributed by atoms with Crippen LogP contribution in [0.2, 0.25) is 5.02 Å². The first-order valence-corrected chi connectivity index (χ1v) is 11.3.